The third-order valence-electron chi connectivity index (χ3n) is 5.34. The summed E-state index contributed by atoms with van der Waals surface area (Å²) in [7, 11) is -3.64. The highest BCUT2D eigenvalue weighted by atomic mass is 32.2. The van der Waals surface area contributed by atoms with Crippen LogP contribution in [0.1, 0.15) is 16.8 Å². The van der Waals surface area contributed by atoms with Crippen molar-refractivity contribution in [1.82, 2.24) is 24.1 Å². The van der Waals surface area contributed by atoms with Crippen molar-refractivity contribution in [1.29, 1.82) is 0 Å². The van der Waals surface area contributed by atoms with Crippen molar-refractivity contribution in [2.75, 3.05) is 6.54 Å². The first-order chi connectivity index (χ1) is 14.4. The van der Waals surface area contributed by atoms with Crippen LogP contribution in [-0.4, -0.2) is 39.0 Å². The van der Waals surface area contributed by atoms with E-state index in [0.29, 0.717) is 29.0 Å². The number of benzene rings is 2. The number of H-pyrrole nitrogens is 1. The number of sulfonamides is 1. The number of aromatic nitrogens is 4. The van der Waals surface area contributed by atoms with E-state index in [4.69, 9.17) is 0 Å². The van der Waals surface area contributed by atoms with Crippen LogP contribution in [-0.2, 0) is 23.0 Å². The smallest absolute Gasteiger partial charge is 0.276 e. The van der Waals surface area contributed by atoms with Gasteiger partial charge in [0.2, 0.25) is 10.0 Å². The Labute approximate surface area is 172 Å². The van der Waals surface area contributed by atoms with Crippen molar-refractivity contribution in [3.8, 4) is 5.82 Å². The van der Waals surface area contributed by atoms with E-state index in [9.17, 15) is 13.2 Å². The lowest BCUT2D eigenvalue weighted by atomic mass is 10.1. The van der Waals surface area contributed by atoms with Crippen LogP contribution in [0.15, 0.2) is 64.4 Å². The molecule has 0 unspecified atom stereocenters. The Bertz CT molecular complexity index is 1420. The first-order valence-electron chi connectivity index (χ1n) is 9.55. The number of aromatic amines is 1. The van der Waals surface area contributed by atoms with Crippen LogP contribution in [0.5, 0.6) is 0 Å². The van der Waals surface area contributed by atoms with Crippen LogP contribution in [0.25, 0.3) is 16.9 Å². The zero-order chi connectivity index (χ0) is 20.9. The van der Waals surface area contributed by atoms with Gasteiger partial charge in [0.25, 0.3) is 5.56 Å². The summed E-state index contributed by atoms with van der Waals surface area (Å²) >= 11 is 0. The largest absolute Gasteiger partial charge is 0.292 e. The van der Waals surface area contributed by atoms with Crippen LogP contribution in [0.2, 0.25) is 0 Å². The second-order valence-corrected chi connectivity index (χ2v) is 9.27. The molecule has 5 rings (SSSR count). The molecule has 0 atom stereocenters. The molecule has 1 aliphatic heterocycles. The van der Waals surface area contributed by atoms with E-state index in [1.807, 2.05) is 31.2 Å². The molecule has 0 amide bonds. The molecular formula is C21H19N5O3S. The molecule has 2 aromatic carbocycles. The molecule has 1 N–H and O–H groups in total. The number of aryl methyl sites for hydroxylation is 1. The molecule has 3 heterocycles. The lowest BCUT2D eigenvalue weighted by Gasteiger charge is -2.25. The number of hydrogen-bond donors (Lipinski definition) is 1. The summed E-state index contributed by atoms with van der Waals surface area (Å²) in [5.41, 5.74) is 3.35. The molecule has 30 heavy (non-hydrogen) atoms. The average Bonchev–Trinajstić information content (AvgIpc) is 3.09. The van der Waals surface area contributed by atoms with E-state index < -0.39 is 10.0 Å². The molecule has 152 valence electrons. The van der Waals surface area contributed by atoms with Crippen LogP contribution < -0.4 is 5.56 Å². The number of nitrogens with zero attached hydrogens (tertiary/aromatic N) is 4. The van der Waals surface area contributed by atoms with E-state index in [-0.39, 0.29) is 23.5 Å². The minimum absolute atomic E-state index is 0.106. The Morgan fingerprint density at radius 2 is 1.77 bits per heavy atom. The van der Waals surface area contributed by atoms with Crippen molar-refractivity contribution in [3.63, 3.8) is 0 Å². The topological polar surface area (TPSA) is 101 Å². The van der Waals surface area contributed by atoms with Gasteiger partial charge in [0.05, 0.1) is 34.4 Å². The van der Waals surface area contributed by atoms with E-state index in [1.54, 1.807) is 24.3 Å². The maximum atomic E-state index is 13.0. The lowest BCUT2D eigenvalue weighted by molar-refractivity contribution is 0.386. The first kappa shape index (κ1) is 18.7. The molecule has 0 saturated heterocycles. The summed E-state index contributed by atoms with van der Waals surface area (Å²) in [5.74, 6) is 0.376. The van der Waals surface area contributed by atoms with Gasteiger partial charge in [-0.3, -0.25) is 14.9 Å². The lowest BCUT2D eigenvalue weighted by Crippen LogP contribution is -2.37. The van der Waals surface area contributed by atoms with Crippen molar-refractivity contribution in [3.05, 3.63) is 81.9 Å². The van der Waals surface area contributed by atoms with Gasteiger partial charge in [0.1, 0.15) is 0 Å². The van der Waals surface area contributed by atoms with Gasteiger partial charge in [-0.05, 0) is 37.6 Å². The SMILES string of the molecule is Cc1ccc(S(=O)(=O)N2CCc3c([nH]n(-c4cnc5ccccc5n4)c3=O)C2)cc1. The van der Waals surface area contributed by atoms with E-state index in [0.717, 1.165) is 11.1 Å². The van der Waals surface area contributed by atoms with Crippen LogP contribution in [0, 0.1) is 6.92 Å². The summed E-state index contributed by atoms with van der Waals surface area (Å²) in [5, 5.41) is 3.04. The van der Waals surface area contributed by atoms with Gasteiger partial charge in [-0.1, -0.05) is 29.8 Å². The number of nitrogens with one attached hydrogen (secondary N) is 1. The van der Waals surface area contributed by atoms with E-state index in [1.165, 1.54) is 15.2 Å². The Hall–Kier alpha value is -3.30. The summed E-state index contributed by atoms with van der Waals surface area (Å²) < 4.78 is 28.8. The van der Waals surface area contributed by atoms with E-state index >= 15 is 0 Å². The minimum Gasteiger partial charge on any atom is -0.292 e. The fourth-order valence-corrected chi connectivity index (χ4v) is 5.09. The number of para-hydroxylation sites is 2. The Morgan fingerprint density at radius 3 is 2.53 bits per heavy atom. The number of fused-ring (bicyclic) bond motifs is 2. The molecule has 4 aromatic rings. The first-order valence-corrected chi connectivity index (χ1v) is 11.0. The molecule has 9 heteroatoms. The standard InChI is InChI=1S/C21H19N5O3S/c1-14-6-8-15(9-7-14)30(28,29)25-11-10-16-19(13-25)24-26(21(16)27)20-12-22-17-4-2-3-5-18(17)23-20/h2-9,12,24H,10-11,13H2,1H3. The highest BCUT2D eigenvalue weighted by Gasteiger charge is 2.31. The Balaban J connectivity index is 1.50. The second kappa shape index (κ2) is 6.89. The normalized spacial score (nSPS) is 14.7. The van der Waals surface area contributed by atoms with Gasteiger partial charge in [-0.25, -0.2) is 13.4 Å². The summed E-state index contributed by atoms with van der Waals surface area (Å²) in [4.78, 5) is 22.0. The van der Waals surface area contributed by atoms with Crippen LogP contribution >= 0.6 is 0 Å². The van der Waals surface area contributed by atoms with Crippen LogP contribution in [0.3, 0.4) is 0 Å². The van der Waals surface area contributed by atoms with Gasteiger partial charge in [0.15, 0.2) is 5.82 Å². The van der Waals surface area contributed by atoms with Gasteiger partial charge in [0, 0.05) is 12.1 Å². The maximum Gasteiger partial charge on any atom is 0.276 e. The molecule has 8 nitrogen and oxygen atoms in total. The molecule has 0 radical (unpaired) electrons. The average molecular weight is 421 g/mol. The highest BCUT2D eigenvalue weighted by molar-refractivity contribution is 7.89. The zero-order valence-corrected chi connectivity index (χ0v) is 17.1. The van der Waals surface area contributed by atoms with Crippen molar-refractivity contribution >= 4 is 21.1 Å². The molecule has 0 bridgehead atoms. The van der Waals surface area contributed by atoms with Gasteiger partial charge in [-0.15, -0.1) is 0 Å². The van der Waals surface area contributed by atoms with Crippen molar-refractivity contribution in [2.45, 2.75) is 24.8 Å². The fraction of sp³-hybridized carbons (Fsp3) is 0.190. The molecule has 1 aliphatic rings. The number of rotatable bonds is 3. The minimum atomic E-state index is -3.64. The Kier molecular flexibility index (Phi) is 4.30. The molecule has 0 saturated carbocycles. The Morgan fingerprint density at radius 1 is 1.03 bits per heavy atom. The predicted molar refractivity (Wildman–Crippen MR) is 112 cm³/mol. The fourth-order valence-electron chi connectivity index (χ4n) is 3.68. The third kappa shape index (κ3) is 3.03. The van der Waals surface area contributed by atoms with Crippen LogP contribution in [0.4, 0.5) is 0 Å². The summed E-state index contributed by atoms with van der Waals surface area (Å²) in [6.07, 6.45) is 1.87. The zero-order valence-electron chi connectivity index (χ0n) is 16.2. The number of hydrogen-bond acceptors (Lipinski definition) is 5. The van der Waals surface area contributed by atoms with Gasteiger partial charge < -0.3 is 0 Å². The highest BCUT2D eigenvalue weighted by Crippen LogP contribution is 2.23. The quantitative estimate of drug-likeness (QED) is 0.546. The van der Waals surface area contributed by atoms with Crippen molar-refractivity contribution < 1.29 is 8.42 Å². The van der Waals surface area contributed by atoms with Crippen molar-refractivity contribution in [2.24, 2.45) is 0 Å². The monoisotopic (exact) mass is 421 g/mol. The molecule has 0 aliphatic carbocycles. The summed E-state index contributed by atoms with van der Waals surface area (Å²) in [6, 6.07) is 14.2. The third-order valence-corrected chi connectivity index (χ3v) is 7.20. The second-order valence-electron chi connectivity index (χ2n) is 7.33. The molecule has 0 fully saturated rings. The molecular weight excluding hydrogens is 402 g/mol. The predicted octanol–water partition coefficient (Wildman–Crippen LogP) is 2.16. The summed E-state index contributed by atoms with van der Waals surface area (Å²) in [6.45, 7) is 2.27. The van der Waals surface area contributed by atoms with E-state index in [2.05, 4.69) is 15.1 Å². The maximum absolute atomic E-state index is 13.0. The van der Waals surface area contributed by atoms with Gasteiger partial charge >= 0.3 is 0 Å². The molecule has 0 spiro atoms. The van der Waals surface area contributed by atoms with Gasteiger partial charge in [-0.2, -0.15) is 8.99 Å². The molecule has 2 aromatic heterocycles.